The highest BCUT2D eigenvalue weighted by molar-refractivity contribution is 9.10. The average molecular weight is 394 g/mol. The first-order valence-corrected chi connectivity index (χ1v) is 8.03. The second-order valence-electron chi connectivity index (χ2n) is 4.45. The Balaban J connectivity index is 2.14. The van der Waals surface area contributed by atoms with Crippen molar-refractivity contribution >= 4 is 50.7 Å². The summed E-state index contributed by atoms with van der Waals surface area (Å²) in [6.07, 6.45) is 0. The molecule has 1 atom stereocenters. The molecule has 2 aromatic carbocycles. The van der Waals surface area contributed by atoms with Gasteiger partial charge in [-0.05, 0) is 30.7 Å². The van der Waals surface area contributed by atoms with E-state index in [1.807, 2.05) is 18.2 Å². The lowest BCUT2D eigenvalue weighted by molar-refractivity contribution is 0.573. The molecule has 2 aromatic rings. The number of hydrogen-bond acceptors (Lipinski definition) is 1. The van der Waals surface area contributed by atoms with Crippen LogP contribution in [0.25, 0.3) is 0 Å². The Morgan fingerprint density at radius 2 is 1.70 bits per heavy atom. The molecular formula is C15H13BrCl3N. The Kier molecular flexibility index (Phi) is 5.76. The molecule has 0 aliphatic carbocycles. The van der Waals surface area contributed by atoms with Gasteiger partial charge >= 0.3 is 0 Å². The molecule has 0 fully saturated rings. The molecule has 20 heavy (non-hydrogen) atoms. The molecule has 1 N–H and O–H groups in total. The van der Waals surface area contributed by atoms with Crippen molar-refractivity contribution in [3.8, 4) is 0 Å². The lowest BCUT2D eigenvalue weighted by Gasteiger charge is -2.17. The lowest BCUT2D eigenvalue weighted by atomic mass is 10.1. The molecule has 0 unspecified atom stereocenters. The molecule has 0 radical (unpaired) electrons. The van der Waals surface area contributed by atoms with Gasteiger partial charge in [0.15, 0.2) is 0 Å². The van der Waals surface area contributed by atoms with Gasteiger partial charge in [0.25, 0.3) is 0 Å². The maximum Gasteiger partial charge on any atom is 0.0652 e. The van der Waals surface area contributed by atoms with Crippen molar-refractivity contribution in [1.29, 1.82) is 0 Å². The predicted molar refractivity (Wildman–Crippen MR) is 90.9 cm³/mol. The first-order chi connectivity index (χ1) is 9.50. The summed E-state index contributed by atoms with van der Waals surface area (Å²) in [6, 6.07) is 11.7. The molecule has 0 aliphatic heterocycles. The Hall–Kier alpha value is -0.250. The van der Waals surface area contributed by atoms with Gasteiger partial charge < -0.3 is 5.32 Å². The summed E-state index contributed by atoms with van der Waals surface area (Å²) in [5, 5.41) is 5.04. The highest BCUT2D eigenvalue weighted by atomic mass is 79.9. The van der Waals surface area contributed by atoms with E-state index < -0.39 is 0 Å². The minimum Gasteiger partial charge on any atom is -0.306 e. The molecule has 0 saturated carbocycles. The van der Waals surface area contributed by atoms with E-state index >= 15 is 0 Å². The zero-order chi connectivity index (χ0) is 14.7. The van der Waals surface area contributed by atoms with Gasteiger partial charge in [0.2, 0.25) is 0 Å². The van der Waals surface area contributed by atoms with Crippen LogP contribution in [0.5, 0.6) is 0 Å². The molecule has 0 amide bonds. The maximum atomic E-state index is 6.19. The molecule has 0 saturated heterocycles. The molecule has 0 spiro atoms. The van der Waals surface area contributed by atoms with E-state index in [0.717, 1.165) is 10.0 Å². The number of halogens is 4. The Morgan fingerprint density at radius 1 is 1.05 bits per heavy atom. The van der Waals surface area contributed by atoms with Crippen molar-refractivity contribution in [2.45, 2.75) is 19.5 Å². The zero-order valence-electron chi connectivity index (χ0n) is 10.8. The Bertz CT molecular complexity index is 616. The monoisotopic (exact) mass is 391 g/mol. The van der Waals surface area contributed by atoms with E-state index in [1.54, 1.807) is 12.1 Å². The van der Waals surface area contributed by atoms with Gasteiger partial charge in [0, 0.05) is 27.6 Å². The Labute approximate surface area is 142 Å². The minimum atomic E-state index is 0.164. The van der Waals surface area contributed by atoms with Gasteiger partial charge in [0.1, 0.15) is 0 Å². The van der Waals surface area contributed by atoms with Crippen molar-refractivity contribution in [2.24, 2.45) is 0 Å². The first kappa shape index (κ1) is 16.1. The minimum absolute atomic E-state index is 0.164. The van der Waals surface area contributed by atoms with E-state index in [-0.39, 0.29) is 6.04 Å². The van der Waals surface area contributed by atoms with Crippen LogP contribution in [0.2, 0.25) is 15.1 Å². The molecule has 106 valence electrons. The second kappa shape index (κ2) is 7.15. The van der Waals surface area contributed by atoms with Crippen molar-refractivity contribution in [3.63, 3.8) is 0 Å². The number of hydrogen-bond donors (Lipinski definition) is 1. The SMILES string of the molecule is C[C@H](NCc1c(Cl)ccc(Cl)c1Cl)c1ccccc1Br. The molecule has 0 heterocycles. The number of nitrogens with one attached hydrogen (secondary N) is 1. The van der Waals surface area contributed by atoms with E-state index in [1.165, 1.54) is 5.56 Å². The molecule has 0 aromatic heterocycles. The van der Waals surface area contributed by atoms with Crippen LogP contribution in [0.4, 0.5) is 0 Å². The summed E-state index contributed by atoms with van der Waals surface area (Å²) in [7, 11) is 0. The normalized spacial score (nSPS) is 12.4. The highest BCUT2D eigenvalue weighted by Crippen LogP contribution is 2.32. The topological polar surface area (TPSA) is 12.0 Å². The van der Waals surface area contributed by atoms with Crippen molar-refractivity contribution in [1.82, 2.24) is 5.32 Å². The number of rotatable bonds is 4. The molecule has 2 rings (SSSR count). The van der Waals surface area contributed by atoms with Crippen molar-refractivity contribution in [3.05, 3.63) is 67.1 Å². The fourth-order valence-corrected chi connectivity index (χ4v) is 3.23. The van der Waals surface area contributed by atoms with E-state index in [4.69, 9.17) is 34.8 Å². The van der Waals surface area contributed by atoms with Gasteiger partial charge in [-0.2, -0.15) is 0 Å². The fraction of sp³-hybridized carbons (Fsp3) is 0.200. The standard InChI is InChI=1S/C15H13BrCl3N/c1-9(10-4-2-3-5-12(10)16)20-8-11-13(17)6-7-14(18)15(11)19/h2-7,9,20H,8H2,1H3/t9-/m0/s1. The van der Waals surface area contributed by atoms with E-state index in [9.17, 15) is 0 Å². The van der Waals surface area contributed by atoms with Crippen LogP contribution in [0.1, 0.15) is 24.1 Å². The first-order valence-electron chi connectivity index (χ1n) is 6.11. The van der Waals surface area contributed by atoms with Crippen LogP contribution >= 0.6 is 50.7 Å². The molecule has 0 bridgehead atoms. The summed E-state index contributed by atoms with van der Waals surface area (Å²) in [5.41, 5.74) is 2.00. The van der Waals surface area contributed by atoms with Crippen LogP contribution in [0.15, 0.2) is 40.9 Å². The molecule has 5 heteroatoms. The third-order valence-corrected chi connectivity index (χ3v) is 5.02. The summed E-state index contributed by atoms with van der Waals surface area (Å²) >= 11 is 21.9. The van der Waals surface area contributed by atoms with E-state index in [2.05, 4.69) is 34.2 Å². The van der Waals surface area contributed by atoms with Gasteiger partial charge in [-0.1, -0.05) is 68.9 Å². The largest absolute Gasteiger partial charge is 0.306 e. The predicted octanol–water partition coefficient (Wildman–Crippen LogP) is 6.26. The maximum absolute atomic E-state index is 6.19. The Morgan fingerprint density at radius 3 is 2.40 bits per heavy atom. The van der Waals surface area contributed by atoms with Crippen LogP contribution in [0, 0.1) is 0 Å². The van der Waals surface area contributed by atoms with Gasteiger partial charge in [-0.25, -0.2) is 0 Å². The molecule has 0 aliphatic rings. The highest BCUT2D eigenvalue weighted by Gasteiger charge is 2.12. The lowest BCUT2D eigenvalue weighted by Crippen LogP contribution is -2.19. The van der Waals surface area contributed by atoms with E-state index in [0.29, 0.717) is 21.6 Å². The smallest absolute Gasteiger partial charge is 0.0652 e. The second-order valence-corrected chi connectivity index (χ2v) is 6.49. The van der Waals surface area contributed by atoms with Gasteiger partial charge in [-0.15, -0.1) is 0 Å². The third kappa shape index (κ3) is 3.69. The van der Waals surface area contributed by atoms with Crippen LogP contribution in [-0.2, 0) is 6.54 Å². The van der Waals surface area contributed by atoms with Gasteiger partial charge in [-0.3, -0.25) is 0 Å². The van der Waals surface area contributed by atoms with Crippen molar-refractivity contribution in [2.75, 3.05) is 0 Å². The number of benzene rings is 2. The third-order valence-electron chi connectivity index (χ3n) is 3.10. The summed E-state index contributed by atoms with van der Waals surface area (Å²) in [4.78, 5) is 0. The average Bonchev–Trinajstić information content (AvgIpc) is 2.43. The summed E-state index contributed by atoms with van der Waals surface area (Å²) in [5.74, 6) is 0. The van der Waals surface area contributed by atoms with Crippen LogP contribution in [0.3, 0.4) is 0 Å². The van der Waals surface area contributed by atoms with Gasteiger partial charge in [0.05, 0.1) is 10.0 Å². The molecule has 1 nitrogen and oxygen atoms in total. The summed E-state index contributed by atoms with van der Waals surface area (Å²) in [6.45, 7) is 2.65. The summed E-state index contributed by atoms with van der Waals surface area (Å²) < 4.78 is 1.07. The van der Waals surface area contributed by atoms with Crippen molar-refractivity contribution < 1.29 is 0 Å². The van der Waals surface area contributed by atoms with Crippen LogP contribution < -0.4 is 5.32 Å². The van der Waals surface area contributed by atoms with Crippen LogP contribution in [-0.4, -0.2) is 0 Å². The molecular weight excluding hydrogens is 380 g/mol. The zero-order valence-corrected chi connectivity index (χ0v) is 14.6. The fourth-order valence-electron chi connectivity index (χ4n) is 1.92. The quantitative estimate of drug-likeness (QED) is 0.605.